The first-order chi connectivity index (χ1) is 18.6. The summed E-state index contributed by atoms with van der Waals surface area (Å²) in [7, 11) is 0. The van der Waals surface area contributed by atoms with Gasteiger partial charge in [0, 0.05) is 24.9 Å². The fourth-order valence-electron chi connectivity index (χ4n) is 5.67. The minimum atomic E-state index is -0.977. The van der Waals surface area contributed by atoms with Crippen LogP contribution in [-0.4, -0.2) is 34.4 Å². The first-order valence-corrected chi connectivity index (χ1v) is 13.3. The molecule has 1 saturated carbocycles. The van der Waals surface area contributed by atoms with Gasteiger partial charge in [-0.25, -0.2) is 4.79 Å². The van der Waals surface area contributed by atoms with Gasteiger partial charge >= 0.3 is 5.97 Å². The highest BCUT2D eigenvalue weighted by molar-refractivity contribution is 6.01. The molecule has 0 bridgehead atoms. The number of hydrogen-bond acceptors (Lipinski definition) is 3. The Morgan fingerprint density at radius 1 is 0.947 bits per heavy atom. The SMILES string of the molecule is O=C(O)C=Cc1ccc(C(=C(c2cccc(N3CCCC3)c2)C2CCC2)c2ccc3[nH]nc(F)c3c2)cc1. The second-order valence-corrected chi connectivity index (χ2v) is 10.2. The molecule has 2 N–H and O–H groups in total. The normalized spacial score (nSPS) is 16.7. The van der Waals surface area contributed by atoms with Gasteiger partial charge in [0.25, 0.3) is 0 Å². The molecule has 0 amide bonds. The molecule has 4 aromatic rings. The number of nitrogens with zero attached hydrogens (tertiary/aromatic N) is 2. The first-order valence-electron chi connectivity index (χ1n) is 13.3. The van der Waals surface area contributed by atoms with Crippen LogP contribution in [0.25, 0.3) is 28.1 Å². The molecule has 0 radical (unpaired) electrons. The maximum Gasteiger partial charge on any atom is 0.328 e. The predicted molar refractivity (Wildman–Crippen MR) is 150 cm³/mol. The van der Waals surface area contributed by atoms with Gasteiger partial charge in [-0.05, 0) is 95.3 Å². The molecule has 6 rings (SSSR count). The van der Waals surface area contributed by atoms with Crippen molar-refractivity contribution in [2.75, 3.05) is 18.0 Å². The van der Waals surface area contributed by atoms with Gasteiger partial charge in [-0.3, -0.25) is 5.10 Å². The van der Waals surface area contributed by atoms with E-state index in [0.717, 1.165) is 54.3 Å². The lowest BCUT2D eigenvalue weighted by Crippen LogP contribution is -2.18. The summed E-state index contributed by atoms with van der Waals surface area (Å²) in [6.45, 7) is 2.17. The van der Waals surface area contributed by atoms with Gasteiger partial charge in [0.1, 0.15) is 0 Å². The molecular weight excluding hydrogens is 477 g/mol. The number of benzene rings is 3. The summed E-state index contributed by atoms with van der Waals surface area (Å²) in [4.78, 5) is 13.4. The highest BCUT2D eigenvalue weighted by atomic mass is 19.1. The van der Waals surface area contributed by atoms with Crippen LogP contribution in [0.2, 0.25) is 0 Å². The van der Waals surface area contributed by atoms with Gasteiger partial charge in [-0.1, -0.05) is 48.9 Å². The third-order valence-electron chi connectivity index (χ3n) is 7.83. The minimum Gasteiger partial charge on any atom is -0.478 e. The van der Waals surface area contributed by atoms with Crippen LogP contribution in [0.5, 0.6) is 0 Å². The van der Waals surface area contributed by atoms with Crippen molar-refractivity contribution < 1.29 is 14.3 Å². The molecule has 2 heterocycles. The molecule has 0 spiro atoms. The Labute approximate surface area is 221 Å². The summed E-state index contributed by atoms with van der Waals surface area (Å²) in [6, 6.07) is 22.6. The van der Waals surface area contributed by atoms with E-state index in [-0.39, 0.29) is 0 Å². The zero-order valence-electron chi connectivity index (χ0n) is 21.2. The van der Waals surface area contributed by atoms with Gasteiger partial charge < -0.3 is 10.0 Å². The number of halogens is 1. The molecule has 1 aliphatic heterocycles. The number of aromatic nitrogens is 2. The third kappa shape index (κ3) is 4.74. The predicted octanol–water partition coefficient (Wildman–Crippen LogP) is 7.16. The molecule has 1 aliphatic carbocycles. The Morgan fingerprint density at radius 2 is 1.71 bits per heavy atom. The molecule has 0 atom stereocenters. The number of allylic oxidation sites excluding steroid dienone is 1. The van der Waals surface area contributed by atoms with Gasteiger partial charge in [0.05, 0.1) is 10.9 Å². The van der Waals surface area contributed by atoms with Crippen LogP contribution in [0.1, 0.15) is 54.4 Å². The lowest BCUT2D eigenvalue weighted by atomic mass is 9.73. The topological polar surface area (TPSA) is 69.2 Å². The summed E-state index contributed by atoms with van der Waals surface area (Å²) in [5.74, 6) is -1.07. The highest BCUT2D eigenvalue weighted by Gasteiger charge is 2.28. The number of nitrogens with one attached hydrogen (secondary N) is 1. The molecule has 1 saturated heterocycles. The fourth-order valence-corrected chi connectivity index (χ4v) is 5.67. The van der Waals surface area contributed by atoms with Gasteiger partial charge in [0.15, 0.2) is 0 Å². The Morgan fingerprint density at radius 3 is 2.42 bits per heavy atom. The average molecular weight is 508 g/mol. The molecule has 6 heteroatoms. The number of carboxylic acid groups (broad SMARTS) is 1. The Balaban J connectivity index is 1.55. The number of H-pyrrole nitrogens is 1. The van der Waals surface area contributed by atoms with Crippen LogP contribution in [0.15, 0.2) is 72.8 Å². The van der Waals surface area contributed by atoms with E-state index < -0.39 is 11.9 Å². The second kappa shape index (κ2) is 10.3. The zero-order valence-corrected chi connectivity index (χ0v) is 21.2. The lowest BCUT2D eigenvalue weighted by molar-refractivity contribution is -0.131. The molecule has 2 fully saturated rings. The van der Waals surface area contributed by atoms with Gasteiger partial charge in [-0.15, -0.1) is 5.10 Å². The number of hydrogen-bond donors (Lipinski definition) is 2. The van der Waals surface area contributed by atoms with Crippen molar-refractivity contribution in [3.8, 4) is 0 Å². The zero-order chi connectivity index (χ0) is 26.1. The van der Waals surface area contributed by atoms with E-state index in [1.165, 1.54) is 36.1 Å². The Bertz CT molecular complexity index is 1540. The minimum absolute atomic E-state index is 0.412. The maximum absolute atomic E-state index is 14.6. The van der Waals surface area contributed by atoms with Crippen molar-refractivity contribution in [3.05, 3.63) is 101 Å². The lowest BCUT2D eigenvalue weighted by Gasteiger charge is -2.32. The van der Waals surface area contributed by atoms with Gasteiger partial charge in [-0.2, -0.15) is 4.39 Å². The van der Waals surface area contributed by atoms with E-state index in [0.29, 0.717) is 16.8 Å². The number of aliphatic carboxylic acids is 1. The van der Waals surface area contributed by atoms with Crippen LogP contribution in [0.3, 0.4) is 0 Å². The van der Waals surface area contributed by atoms with Crippen LogP contribution in [0.4, 0.5) is 10.1 Å². The first kappa shape index (κ1) is 24.2. The van der Waals surface area contributed by atoms with Crippen LogP contribution in [0, 0.1) is 11.9 Å². The number of carboxylic acids is 1. The monoisotopic (exact) mass is 507 g/mol. The van der Waals surface area contributed by atoms with E-state index in [4.69, 9.17) is 5.11 Å². The van der Waals surface area contributed by atoms with E-state index in [2.05, 4.69) is 39.4 Å². The van der Waals surface area contributed by atoms with E-state index in [9.17, 15) is 9.18 Å². The van der Waals surface area contributed by atoms with E-state index in [1.807, 2.05) is 42.5 Å². The standard InChI is InChI=1S/C32H30FN3O2/c33-32-27-20-25(14-15-28(27)34-35-32)31(23-12-9-21(10-13-23)11-16-29(37)38)30(22-5-3-6-22)24-7-4-8-26(19-24)36-17-1-2-18-36/h4,7-16,19-20,22H,1-3,5-6,17-18H2,(H,34,35)(H,37,38). The van der Waals surface area contributed by atoms with Crippen molar-refractivity contribution in [3.63, 3.8) is 0 Å². The van der Waals surface area contributed by atoms with Crippen molar-refractivity contribution >= 4 is 39.8 Å². The van der Waals surface area contributed by atoms with Crippen molar-refractivity contribution in [1.29, 1.82) is 0 Å². The summed E-state index contributed by atoms with van der Waals surface area (Å²) in [5.41, 5.74) is 8.28. The quantitative estimate of drug-likeness (QED) is 0.206. The molecule has 5 nitrogen and oxygen atoms in total. The number of fused-ring (bicyclic) bond motifs is 1. The maximum atomic E-state index is 14.6. The highest BCUT2D eigenvalue weighted by Crippen LogP contribution is 2.46. The Kier molecular flexibility index (Phi) is 6.54. The average Bonchev–Trinajstić information content (AvgIpc) is 3.57. The summed E-state index contributed by atoms with van der Waals surface area (Å²) < 4.78 is 14.6. The van der Waals surface area contributed by atoms with Crippen molar-refractivity contribution in [2.45, 2.75) is 32.1 Å². The molecule has 2 aliphatic rings. The van der Waals surface area contributed by atoms with Crippen LogP contribution in [-0.2, 0) is 4.79 Å². The molecule has 38 heavy (non-hydrogen) atoms. The summed E-state index contributed by atoms with van der Waals surface area (Å²) in [6.07, 6.45) is 8.61. The van der Waals surface area contributed by atoms with Crippen LogP contribution < -0.4 is 4.90 Å². The Hall–Kier alpha value is -4.19. The number of anilines is 1. The van der Waals surface area contributed by atoms with E-state index >= 15 is 0 Å². The van der Waals surface area contributed by atoms with Crippen LogP contribution >= 0.6 is 0 Å². The number of aromatic amines is 1. The number of rotatable bonds is 7. The third-order valence-corrected chi connectivity index (χ3v) is 7.83. The molecular formula is C32H30FN3O2. The second-order valence-electron chi connectivity index (χ2n) is 10.2. The van der Waals surface area contributed by atoms with Crippen molar-refractivity contribution in [1.82, 2.24) is 10.2 Å². The summed E-state index contributed by atoms with van der Waals surface area (Å²) in [5, 5.41) is 16.0. The molecule has 3 aromatic carbocycles. The van der Waals surface area contributed by atoms with Gasteiger partial charge in [0.2, 0.25) is 5.95 Å². The molecule has 1 aromatic heterocycles. The molecule has 192 valence electrons. The largest absolute Gasteiger partial charge is 0.478 e. The fraction of sp³-hybridized carbons (Fsp3) is 0.250. The number of carbonyl (C=O) groups is 1. The molecule has 0 unspecified atom stereocenters. The van der Waals surface area contributed by atoms with Crippen molar-refractivity contribution in [2.24, 2.45) is 5.92 Å². The van der Waals surface area contributed by atoms with E-state index in [1.54, 1.807) is 6.08 Å². The smallest absolute Gasteiger partial charge is 0.328 e. The summed E-state index contributed by atoms with van der Waals surface area (Å²) >= 11 is 0.